The Morgan fingerprint density at radius 2 is 2.14 bits per heavy atom. The van der Waals surface area contributed by atoms with Crippen molar-refractivity contribution in [1.82, 2.24) is 5.32 Å². The van der Waals surface area contributed by atoms with Crippen LogP contribution in [0.25, 0.3) is 0 Å². The summed E-state index contributed by atoms with van der Waals surface area (Å²) >= 11 is 0. The summed E-state index contributed by atoms with van der Waals surface area (Å²) in [5.41, 5.74) is 2.93. The van der Waals surface area contributed by atoms with Crippen LogP contribution in [0.4, 0.5) is 4.39 Å². The van der Waals surface area contributed by atoms with Gasteiger partial charge in [-0.15, -0.1) is 0 Å². The lowest BCUT2D eigenvalue weighted by atomic mass is 10.1. The minimum atomic E-state index is -0.157. The van der Waals surface area contributed by atoms with Crippen molar-refractivity contribution in [2.24, 2.45) is 0 Å². The van der Waals surface area contributed by atoms with Crippen molar-refractivity contribution in [3.8, 4) is 0 Å². The zero-order valence-corrected chi connectivity index (χ0v) is 8.73. The maximum atomic E-state index is 13.0. The smallest absolute Gasteiger partial charge is 0.123 e. The Bertz CT molecular complexity index is 311. The Hall–Kier alpha value is -1.31. The first-order chi connectivity index (χ1) is 6.58. The van der Waals surface area contributed by atoms with Crippen LogP contribution in [0.2, 0.25) is 0 Å². The minimum absolute atomic E-state index is 0.157. The summed E-state index contributed by atoms with van der Waals surface area (Å²) in [5, 5.41) is 3.12. The molecular weight excluding hydrogens is 177 g/mol. The quantitative estimate of drug-likeness (QED) is 0.775. The summed E-state index contributed by atoms with van der Waals surface area (Å²) in [6.07, 6.45) is 0.825. The highest BCUT2D eigenvalue weighted by Crippen LogP contribution is 2.08. The molecule has 1 N–H and O–H groups in total. The molecule has 0 saturated heterocycles. The van der Waals surface area contributed by atoms with Gasteiger partial charge >= 0.3 is 0 Å². The number of aryl methyl sites for hydroxylation is 1. The van der Waals surface area contributed by atoms with Gasteiger partial charge in [0.25, 0.3) is 0 Å². The number of halogens is 1. The SMILES string of the molecule is C=C(C)NCCc1cc(C)cc(F)c1. The molecule has 0 unspecified atom stereocenters. The first-order valence-electron chi connectivity index (χ1n) is 4.73. The predicted molar refractivity (Wildman–Crippen MR) is 57.7 cm³/mol. The monoisotopic (exact) mass is 193 g/mol. The standard InChI is InChI=1S/C12H16FN/c1-9(2)14-5-4-11-6-10(3)7-12(13)8-11/h6-8,14H,1,4-5H2,2-3H3. The Labute approximate surface area is 84.6 Å². The van der Waals surface area contributed by atoms with Gasteiger partial charge in [-0.25, -0.2) is 4.39 Å². The molecule has 1 aromatic rings. The van der Waals surface area contributed by atoms with Crippen LogP contribution in [-0.4, -0.2) is 6.54 Å². The van der Waals surface area contributed by atoms with Crippen molar-refractivity contribution >= 4 is 0 Å². The minimum Gasteiger partial charge on any atom is -0.389 e. The van der Waals surface area contributed by atoms with Gasteiger partial charge in [0.1, 0.15) is 5.82 Å². The zero-order valence-electron chi connectivity index (χ0n) is 8.73. The number of hydrogen-bond acceptors (Lipinski definition) is 1. The average Bonchev–Trinajstić information content (AvgIpc) is 2.01. The Kier molecular flexibility index (Phi) is 3.69. The molecule has 0 bridgehead atoms. The van der Waals surface area contributed by atoms with Crippen LogP contribution in [0.15, 0.2) is 30.5 Å². The second-order valence-electron chi connectivity index (χ2n) is 3.59. The van der Waals surface area contributed by atoms with E-state index in [-0.39, 0.29) is 5.82 Å². The molecular formula is C12H16FN. The van der Waals surface area contributed by atoms with Crippen LogP contribution in [0.5, 0.6) is 0 Å². The van der Waals surface area contributed by atoms with Gasteiger partial charge in [0, 0.05) is 12.2 Å². The molecule has 0 aromatic heterocycles. The normalized spacial score (nSPS) is 9.93. The van der Waals surface area contributed by atoms with Gasteiger partial charge in [0.15, 0.2) is 0 Å². The Balaban J connectivity index is 2.54. The van der Waals surface area contributed by atoms with E-state index in [1.54, 1.807) is 6.07 Å². The highest BCUT2D eigenvalue weighted by molar-refractivity contribution is 5.23. The topological polar surface area (TPSA) is 12.0 Å². The van der Waals surface area contributed by atoms with Gasteiger partial charge in [-0.05, 0) is 43.5 Å². The lowest BCUT2D eigenvalue weighted by Crippen LogP contribution is -2.13. The van der Waals surface area contributed by atoms with Crippen LogP contribution in [0.3, 0.4) is 0 Å². The fourth-order valence-electron chi connectivity index (χ4n) is 1.38. The highest BCUT2D eigenvalue weighted by atomic mass is 19.1. The van der Waals surface area contributed by atoms with Gasteiger partial charge in [-0.1, -0.05) is 12.6 Å². The van der Waals surface area contributed by atoms with E-state index in [0.717, 1.165) is 29.8 Å². The number of hydrogen-bond donors (Lipinski definition) is 1. The number of allylic oxidation sites excluding steroid dienone is 1. The fourth-order valence-corrected chi connectivity index (χ4v) is 1.38. The van der Waals surface area contributed by atoms with Gasteiger partial charge in [0.2, 0.25) is 0 Å². The first kappa shape index (κ1) is 10.8. The largest absolute Gasteiger partial charge is 0.389 e. The van der Waals surface area contributed by atoms with E-state index in [0.29, 0.717) is 0 Å². The summed E-state index contributed by atoms with van der Waals surface area (Å²) in [4.78, 5) is 0. The lowest BCUT2D eigenvalue weighted by molar-refractivity contribution is 0.623. The molecule has 0 amide bonds. The molecule has 0 spiro atoms. The molecule has 76 valence electrons. The molecule has 1 rings (SSSR count). The van der Waals surface area contributed by atoms with Crippen molar-refractivity contribution in [3.63, 3.8) is 0 Å². The molecule has 0 aliphatic heterocycles. The molecule has 0 aliphatic rings. The van der Waals surface area contributed by atoms with Gasteiger partial charge in [-0.3, -0.25) is 0 Å². The third-order valence-corrected chi connectivity index (χ3v) is 1.94. The highest BCUT2D eigenvalue weighted by Gasteiger charge is 1.97. The van der Waals surface area contributed by atoms with Crippen molar-refractivity contribution in [2.75, 3.05) is 6.54 Å². The molecule has 0 fully saturated rings. The summed E-state index contributed by atoms with van der Waals surface area (Å²) in [6.45, 7) is 8.36. The predicted octanol–water partition coefficient (Wildman–Crippen LogP) is 2.80. The molecule has 0 heterocycles. The van der Waals surface area contributed by atoms with E-state index in [4.69, 9.17) is 0 Å². The van der Waals surface area contributed by atoms with E-state index in [1.807, 2.05) is 19.9 Å². The van der Waals surface area contributed by atoms with Crippen LogP contribution in [-0.2, 0) is 6.42 Å². The average molecular weight is 193 g/mol. The molecule has 0 aliphatic carbocycles. The second-order valence-corrected chi connectivity index (χ2v) is 3.59. The molecule has 0 atom stereocenters. The van der Waals surface area contributed by atoms with Crippen LogP contribution in [0.1, 0.15) is 18.1 Å². The molecule has 1 aromatic carbocycles. The van der Waals surface area contributed by atoms with Crippen LogP contribution >= 0.6 is 0 Å². The summed E-state index contributed by atoms with van der Waals surface area (Å²) in [6, 6.07) is 5.12. The van der Waals surface area contributed by atoms with E-state index in [9.17, 15) is 4.39 Å². The van der Waals surface area contributed by atoms with Crippen molar-refractivity contribution in [3.05, 3.63) is 47.4 Å². The maximum Gasteiger partial charge on any atom is 0.123 e. The fraction of sp³-hybridized carbons (Fsp3) is 0.333. The third kappa shape index (κ3) is 3.60. The van der Waals surface area contributed by atoms with Gasteiger partial charge in [0.05, 0.1) is 0 Å². The lowest BCUT2D eigenvalue weighted by Gasteiger charge is -2.06. The third-order valence-electron chi connectivity index (χ3n) is 1.94. The molecule has 14 heavy (non-hydrogen) atoms. The van der Waals surface area contributed by atoms with Crippen molar-refractivity contribution < 1.29 is 4.39 Å². The molecule has 0 radical (unpaired) electrons. The Morgan fingerprint density at radius 1 is 1.43 bits per heavy atom. The van der Waals surface area contributed by atoms with Crippen LogP contribution in [0, 0.1) is 12.7 Å². The zero-order chi connectivity index (χ0) is 10.6. The second kappa shape index (κ2) is 4.80. The Morgan fingerprint density at radius 3 is 2.71 bits per heavy atom. The summed E-state index contributed by atoms with van der Waals surface area (Å²) in [7, 11) is 0. The van der Waals surface area contributed by atoms with Crippen molar-refractivity contribution in [2.45, 2.75) is 20.3 Å². The van der Waals surface area contributed by atoms with E-state index in [2.05, 4.69) is 11.9 Å². The van der Waals surface area contributed by atoms with Gasteiger partial charge in [-0.2, -0.15) is 0 Å². The molecule has 1 nitrogen and oxygen atoms in total. The first-order valence-corrected chi connectivity index (χ1v) is 4.73. The molecule has 2 heteroatoms. The number of benzene rings is 1. The molecule has 0 saturated carbocycles. The van der Waals surface area contributed by atoms with E-state index >= 15 is 0 Å². The summed E-state index contributed by atoms with van der Waals surface area (Å²) < 4.78 is 13.0. The maximum absolute atomic E-state index is 13.0. The summed E-state index contributed by atoms with van der Waals surface area (Å²) in [5.74, 6) is -0.157. The van der Waals surface area contributed by atoms with E-state index in [1.165, 1.54) is 6.07 Å². The van der Waals surface area contributed by atoms with Crippen LogP contribution < -0.4 is 5.32 Å². The van der Waals surface area contributed by atoms with Gasteiger partial charge < -0.3 is 5.32 Å². The number of rotatable bonds is 4. The van der Waals surface area contributed by atoms with Crippen molar-refractivity contribution in [1.29, 1.82) is 0 Å². The van der Waals surface area contributed by atoms with E-state index < -0.39 is 0 Å². The number of nitrogens with one attached hydrogen (secondary N) is 1.